The van der Waals surface area contributed by atoms with E-state index in [1.165, 1.54) is 0 Å². The molecule has 0 aliphatic carbocycles. The second-order valence-corrected chi connectivity index (χ2v) is 2.43. The average Bonchev–Trinajstić information content (AvgIpc) is 1.35. The average molecular weight is 86.2 g/mol. The minimum atomic E-state index is 0.181. The Kier molecular flexibility index (Phi) is 1.59. The third-order valence-electron chi connectivity index (χ3n) is 0.530. The lowest BCUT2D eigenvalue weighted by atomic mass is 10.1. The monoisotopic (exact) mass is 86.1 g/mol. The predicted molar refractivity (Wildman–Crippen MR) is 28.2 cm³/mol. The summed E-state index contributed by atoms with van der Waals surface area (Å²) in [5.41, 5.74) is 0.181. The van der Waals surface area contributed by atoms with E-state index in [-0.39, 0.29) is 5.54 Å². The molecule has 0 aliphatic heterocycles. The molecule has 1 N–H and O–H groups in total. The van der Waals surface area contributed by atoms with Gasteiger partial charge in [0.1, 0.15) is 0 Å². The highest BCUT2D eigenvalue weighted by Gasteiger charge is 2.02. The van der Waals surface area contributed by atoms with Crippen LogP contribution < -0.4 is 5.32 Å². The van der Waals surface area contributed by atoms with Crippen LogP contribution in [0.1, 0.15) is 20.8 Å². The maximum absolute atomic E-state index is 3.51. The van der Waals surface area contributed by atoms with E-state index in [0.717, 1.165) is 0 Å². The van der Waals surface area contributed by atoms with Gasteiger partial charge in [0.15, 0.2) is 0 Å². The highest BCUT2D eigenvalue weighted by Crippen LogP contribution is 1.94. The van der Waals surface area contributed by atoms with Crippen molar-refractivity contribution in [1.82, 2.24) is 5.32 Å². The Morgan fingerprint density at radius 1 is 1.33 bits per heavy atom. The van der Waals surface area contributed by atoms with E-state index in [0.29, 0.717) is 0 Å². The molecule has 6 heavy (non-hydrogen) atoms. The number of hydrogen-bond donors (Lipinski definition) is 1. The summed E-state index contributed by atoms with van der Waals surface area (Å²) in [5, 5.41) is 2.85. The largest absolute Gasteiger partial charge is 0.311 e. The van der Waals surface area contributed by atoms with Crippen LogP contribution in [0.3, 0.4) is 0 Å². The van der Waals surface area contributed by atoms with Crippen LogP contribution in [-0.2, 0) is 0 Å². The van der Waals surface area contributed by atoms with Crippen molar-refractivity contribution < 1.29 is 0 Å². The van der Waals surface area contributed by atoms with Gasteiger partial charge in [-0.2, -0.15) is 0 Å². The summed E-state index contributed by atoms with van der Waals surface area (Å²) in [6.07, 6.45) is 0. The minimum absolute atomic E-state index is 0.181. The molecule has 0 aliphatic rings. The molecule has 0 spiro atoms. The second-order valence-electron chi connectivity index (χ2n) is 2.43. The Morgan fingerprint density at radius 2 is 1.50 bits per heavy atom. The molecule has 0 unspecified atom stereocenters. The summed E-state index contributed by atoms with van der Waals surface area (Å²) in [5.74, 6) is 0. The van der Waals surface area contributed by atoms with Crippen molar-refractivity contribution in [2.24, 2.45) is 0 Å². The SMILES string of the molecule is [CH2]NC(C)(C)C. The van der Waals surface area contributed by atoms with Gasteiger partial charge in [-0.25, -0.2) is 0 Å². The van der Waals surface area contributed by atoms with Crippen LogP contribution >= 0.6 is 0 Å². The van der Waals surface area contributed by atoms with Crippen molar-refractivity contribution in [3.8, 4) is 0 Å². The van der Waals surface area contributed by atoms with Crippen molar-refractivity contribution in [1.29, 1.82) is 0 Å². The molecule has 0 saturated carbocycles. The van der Waals surface area contributed by atoms with Gasteiger partial charge in [0.05, 0.1) is 0 Å². The molecule has 1 nitrogen and oxygen atoms in total. The Morgan fingerprint density at radius 3 is 1.50 bits per heavy atom. The molecular formula is C5H12N. The van der Waals surface area contributed by atoms with Crippen LogP contribution in [0, 0.1) is 7.05 Å². The fourth-order valence-electron chi connectivity index (χ4n) is 0. The normalized spacial score (nSPS) is 12.0. The Balaban J connectivity index is 3.17. The van der Waals surface area contributed by atoms with E-state index in [2.05, 4.69) is 33.1 Å². The van der Waals surface area contributed by atoms with Gasteiger partial charge in [0.2, 0.25) is 0 Å². The summed E-state index contributed by atoms with van der Waals surface area (Å²) < 4.78 is 0. The highest BCUT2D eigenvalue weighted by molar-refractivity contribution is 4.67. The highest BCUT2D eigenvalue weighted by atomic mass is 14.9. The molecule has 0 amide bonds. The Bertz CT molecular complexity index is 33.7. The molecule has 0 fully saturated rings. The molecule has 0 bridgehead atoms. The zero-order chi connectivity index (χ0) is 5.21. The molecule has 0 saturated heterocycles. The van der Waals surface area contributed by atoms with Crippen molar-refractivity contribution in [3.63, 3.8) is 0 Å². The standard InChI is InChI=1S/C5H12N/c1-5(2,3)6-4/h6H,4H2,1-3H3. The molecule has 1 radical (unpaired) electrons. The number of hydrogen-bond acceptors (Lipinski definition) is 1. The van der Waals surface area contributed by atoms with Crippen LogP contribution in [0.2, 0.25) is 0 Å². The maximum Gasteiger partial charge on any atom is 0.00970 e. The van der Waals surface area contributed by atoms with Crippen molar-refractivity contribution >= 4 is 0 Å². The third kappa shape index (κ3) is 3.96. The van der Waals surface area contributed by atoms with Gasteiger partial charge in [0.25, 0.3) is 0 Å². The van der Waals surface area contributed by atoms with Gasteiger partial charge in [-0.15, -0.1) is 0 Å². The fraction of sp³-hybridized carbons (Fsp3) is 0.800. The first-order valence-electron chi connectivity index (χ1n) is 2.10. The van der Waals surface area contributed by atoms with E-state index in [4.69, 9.17) is 0 Å². The van der Waals surface area contributed by atoms with E-state index in [1.807, 2.05) is 0 Å². The van der Waals surface area contributed by atoms with Crippen molar-refractivity contribution in [2.75, 3.05) is 0 Å². The van der Waals surface area contributed by atoms with Crippen LogP contribution in [0.15, 0.2) is 0 Å². The first-order chi connectivity index (χ1) is 2.56. The summed E-state index contributed by atoms with van der Waals surface area (Å²) in [6, 6.07) is 0. The van der Waals surface area contributed by atoms with Gasteiger partial charge < -0.3 is 5.32 Å². The second kappa shape index (κ2) is 1.61. The van der Waals surface area contributed by atoms with Crippen molar-refractivity contribution in [2.45, 2.75) is 26.3 Å². The summed E-state index contributed by atoms with van der Waals surface area (Å²) in [7, 11) is 3.51. The van der Waals surface area contributed by atoms with Crippen molar-refractivity contribution in [3.05, 3.63) is 7.05 Å². The molecule has 0 aromatic heterocycles. The Labute approximate surface area is 39.7 Å². The smallest absolute Gasteiger partial charge is 0.00970 e. The van der Waals surface area contributed by atoms with Crippen LogP contribution in [0.5, 0.6) is 0 Å². The fourth-order valence-corrected chi connectivity index (χ4v) is 0. The first kappa shape index (κ1) is 5.96. The van der Waals surface area contributed by atoms with Gasteiger partial charge >= 0.3 is 0 Å². The molecule has 37 valence electrons. The maximum atomic E-state index is 3.51. The van der Waals surface area contributed by atoms with Crippen LogP contribution in [-0.4, -0.2) is 5.54 Å². The summed E-state index contributed by atoms with van der Waals surface area (Å²) in [4.78, 5) is 0. The lowest BCUT2D eigenvalue weighted by molar-refractivity contribution is 0.489. The zero-order valence-corrected chi connectivity index (χ0v) is 4.71. The van der Waals surface area contributed by atoms with E-state index >= 15 is 0 Å². The van der Waals surface area contributed by atoms with Gasteiger partial charge in [-0.05, 0) is 20.8 Å². The molecule has 1 heteroatoms. The van der Waals surface area contributed by atoms with Gasteiger partial charge in [-0.3, -0.25) is 0 Å². The number of nitrogens with one attached hydrogen (secondary N) is 1. The summed E-state index contributed by atoms with van der Waals surface area (Å²) in [6.45, 7) is 6.21. The molecular weight excluding hydrogens is 74.1 g/mol. The van der Waals surface area contributed by atoms with E-state index in [1.54, 1.807) is 0 Å². The molecule has 0 rings (SSSR count). The lowest BCUT2D eigenvalue weighted by Gasteiger charge is -2.15. The lowest BCUT2D eigenvalue weighted by Crippen LogP contribution is -2.29. The summed E-state index contributed by atoms with van der Waals surface area (Å²) >= 11 is 0. The molecule has 0 heterocycles. The van der Waals surface area contributed by atoms with Gasteiger partial charge in [-0.1, -0.05) is 0 Å². The minimum Gasteiger partial charge on any atom is -0.311 e. The zero-order valence-electron chi connectivity index (χ0n) is 4.71. The molecule has 0 aromatic rings. The quantitative estimate of drug-likeness (QED) is 0.466. The Hall–Kier alpha value is -0.0400. The first-order valence-corrected chi connectivity index (χ1v) is 2.10. The predicted octanol–water partition coefficient (Wildman–Crippen LogP) is 1.17. The molecule has 0 aromatic carbocycles. The topological polar surface area (TPSA) is 12.0 Å². The molecule has 0 atom stereocenters. The van der Waals surface area contributed by atoms with Crippen LogP contribution in [0.4, 0.5) is 0 Å². The number of rotatable bonds is 0. The van der Waals surface area contributed by atoms with Crippen LogP contribution in [0.25, 0.3) is 0 Å². The third-order valence-corrected chi connectivity index (χ3v) is 0.530. The van der Waals surface area contributed by atoms with Gasteiger partial charge in [0, 0.05) is 12.6 Å². The van der Waals surface area contributed by atoms with E-state index in [9.17, 15) is 0 Å². The van der Waals surface area contributed by atoms with E-state index < -0.39 is 0 Å².